The lowest BCUT2D eigenvalue weighted by molar-refractivity contribution is -0.112. The summed E-state index contributed by atoms with van der Waals surface area (Å²) in [4.78, 5) is 41.7. The summed E-state index contributed by atoms with van der Waals surface area (Å²) in [5.41, 5.74) is 1.42. The Kier molecular flexibility index (Phi) is 5.36. The molecule has 154 valence electrons. The van der Waals surface area contributed by atoms with Crippen LogP contribution in [0.1, 0.15) is 31.8 Å². The fraction of sp³-hybridized carbons (Fsp3) is 0.0435. The molecule has 2 amide bonds. The normalized spacial score (nSPS) is 14.2. The van der Waals surface area contributed by atoms with Gasteiger partial charge in [-0.3, -0.25) is 19.4 Å². The molecular weight excluding hydrogens is 404 g/mol. The van der Waals surface area contributed by atoms with Crippen molar-refractivity contribution in [1.29, 1.82) is 0 Å². The summed E-state index contributed by atoms with van der Waals surface area (Å²) >= 11 is 0. The molecule has 0 saturated carbocycles. The van der Waals surface area contributed by atoms with Crippen LogP contribution in [0.25, 0.3) is 6.08 Å². The number of halogens is 2. The second kappa shape index (κ2) is 8.27. The molecule has 0 radical (unpaired) electrons. The highest BCUT2D eigenvalue weighted by Crippen LogP contribution is 2.28. The molecule has 2 heterocycles. The van der Waals surface area contributed by atoms with Crippen molar-refractivity contribution in [2.75, 3.05) is 5.32 Å². The van der Waals surface area contributed by atoms with Crippen LogP contribution in [0.3, 0.4) is 0 Å². The van der Waals surface area contributed by atoms with Gasteiger partial charge in [-0.1, -0.05) is 6.07 Å². The number of fused-ring (bicyclic) bond motifs is 1. The van der Waals surface area contributed by atoms with Gasteiger partial charge in [0.15, 0.2) is 11.6 Å². The van der Waals surface area contributed by atoms with Gasteiger partial charge in [0.1, 0.15) is 0 Å². The zero-order chi connectivity index (χ0) is 22.0. The molecule has 4 rings (SSSR count). The monoisotopic (exact) mass is 419 g/mol. The fourth-order valence-corrected chi connectivity index (χ4v) is 3.11. The van der Waals surface area contributed by atoms with Crippen molar-refractivity contribution in [2.24, 2.45) is 0 Å². The lowest BCUT2D eigenvalue weighted by Gasteiger charge is -2.19. The number of pyridine rings is 1. The largest absolute Gasteiger partial charge is 0.348 e. The Labute approximate surface area is 175 Å². The molecule has 1 aliphatic rings. The van der Waals surface area contributed by atoms with Crippen molar-refractivity contribution in [3.05, 3.63) is 100 Å². The van der Waals surface area contributed by atoms with Gasteiger partial charge in [-0.25, -0.2) is 8.78 Å². The van der Waals surface area contributed by atoms with Gasteiger partial charge in [-0.15, -0.1) is 0 Å². The van der Waals surface area contributed by atoms with Crippen molar-refractivity contribution in [1.82, 2.24) is 10.3 Å². The van der Waals surface area contributed by atoms with Crippen LogP contribution in [0, 0.1) is 11.6 Å². The van der Waals surface area contributed by atoms with Crippen molar-refractivity contribution in [3.8, 4) is 0 Å². The zero-order valence-corrected chi connectivity index (χ0v) is 16.0. The fourth-order valence-electron chi connectivity index (χ4n) is 3.11. The van der Waals surface area contributed by atoms with Gasteiger partial charge in [-0.2, -0.15) is 0 Å². The van der Waals surface area contributed by atoms with Crippen LogP contribution in [0.4, 0.5) is 14.5 Å². The first-order chi connectivity index (χ1) is 14.9. The van der Waals surface area contributed by atoms with E-state index in [0.29, 0.717) is 0 Å². The van der Waals surface area contributed by atoms with Gasteiger partial charge in [-0.05, 0) is 59.7 Å². The summed E-state index contributed by atoms with van der Waals surface area (Å²) < 4.78 is 26.6. The first-order valence-corrected chi connectivity index (χ1v) is 9.26. The number of carbonyl (C=O) groups excluding carboxylic acids is 3. The van der Waals surface area contributed by atoms with Gasteiger partial charge in [0, 0.05) is 30.1 Å². The van der Waals surface area contributed by atoms with E-state index in [0.717, 1.165) is 17.7 Å². The number of nitrogens with zero attached hydrogens (tertiary/aromatic N) is 1. The third-order valence-corrected chi connectivity index (χ3v) is 4.72. The molecule has 0 bridgehead atoms. The summed E-state index contributed by atoms with van der Waals surface area (Å²) in [6.45, 7) is 0.282. The summed E-state index contributed by atoms with van der Waals surface area (Å²) in [7, 11) is 0. The third kappa shape index (κ3) is 4.23. The maximum atomic E-state index is 13.5. The molecule has 0 atom stereocenters. The third-order valence-electron chi connectivity index (χ3n) is 4.72. The van der Waals surface area contributed by atoms with Crippen molar-refractivity contribution >= 4 is 29.4 Å². The molecule has 8 heteroatoms. The van der Waals surface area contributed by atoms with Crippen LogP contribution in [0.15, 0.2) is 66.5 Å². The molecule has 2 N–H and O–H groups in total. The van der Waals surface area contributed by atoms with Crippen molar-refractivity contribution in [2.45, 2.75) is 6.54 Å². The average molecular weight is 419 g/mol. The summed E-state index contributed by atoms with van der Waals surface area (Å²) in [5, 5.41) is 5.33. The Hall–Kier alpha value is -4.20. The number of ketones is 1. The van der Waals surface area contributed by atoms with Gasteiger partial charge in [0.2, 0.25) is 5.78 Å². The number of anilines is 1. The number of amides is 2. The van der Waals surface area contributed by atoms with E-state index in [-0.39, 0.29) is 34.5 Å². The summed E-state index contributed by atoms with van der Waals surface area (Å²) in [5.74, 6) is -3.80. The molecule has 1 aliphatic heterocycles. The second-order valence-corrected chi connectivity index (χ2v) is 6.81. The predicted molar refractivity (Wildman–Crippen MR) is 109 cm³/mol. The van der Waals surface area contributed by atoms with Gasteiger partial charge >= 0.3 is 0 Å². The van der Waals surface area contributed by atoms with Crippen molar-refractivity contribution < 1.29 is 23.2 Å². The predicted octanol–water partition coefficient (Wildman–Crippen LogP) is 3.51. The Morgan fingerprint density at radius 1 is 1.00 bits per heavy atom. The average Bonchev–Trinajstić information content (AvgIpc) is 2.78. The minimum Gasteiger partial charge on any atom is -0.348 e. The quantitative estimate of drug-likeness (QED) is 0.501. The zero-order valence-electron chi connectivity index (χ0n) is 16.0. The maximum Gasteiger partial charge on any atom is 0.259 e. The summed E-state index contributed by atoms with van der Waals surface area (Å²) in [6, 6.07) is 10.9. The van der Waals surface area contributed by atoms with Crippen LogP contribution in [-0.2, 0) is 11.3 Å². The summed E-state index contributed by atoms with van der Waals surface area (Å²) in [6.07, 6.45) is 4.41. The van der Waals surface area contributed by atoms with E-state index in [2.05, 4.69) is 15.6 Å². The van der Waals surface area contributed by atoms with Gasteiger partial charge < -0.3 is 10.6 Å². The van der Waals surface area contributed by atoms with Crippen LogP contribution in [0.2, 0.25) is 0 Å². The molecule has 2 aromatic carbocycles. The smallest absolute Gasteiger partial charge is 0.259 e. The SMILES string of the molecule is O=C1Nc2ccc(C(=O)NCc3ccncc3)cc2C(=O)/C1=C/c1ccc(F)c(F)c1. The van der Waals surface area contributed by atoms with Crippen LogP contribution in [-0.4, -0.2) is 22.6 Å². The van der Waals surface area contributed by atoms with E-state index < -0.39 is 29.2 Å². The molecule has 0 unspecified atom stereocenters. The minimum absolute atomic E-state index is 0.130. The molecule has 0 fully saturated rings. The topological polar surface area (TPSA) is 88.2 Å². The van der Waals surface area contributed by atoms with E-state index in [9.17, 15) is 23.2 Å². The number of rotatable bonds is 4. The Morgan fingerprint density at radius 3 is 2.52 bits per heavy atom. The number of carbonyl (C=O) groups is 3. The highest BCUT2D eigenvalue weighted by Gasteiger charge is 2.29. The Morgan fingerprint density at radius 2 is 1.77 bits per heavy atom. The maximum absolute atomic E-state index is 13.5. The van der Waals surface area contributed by atoms with Crippen molar-refractivity contribution in [3.63, 3.8) is 0 Å². The molecule has 31 heavy (non-hydrogen) atoms. The lowest BCUT2D eigenvalue weighted by atomic mass is 9.93. The van der Waals surface area contributed by atoms with Crippen LogP contribution < -0.4 is 10.6 Å². The van der Waals surface area contributed by atoms with E-state index in [1.807, 2.05) is 0 Å². The standard InChI is InChI=1S/C23H15F2N3O3/c24-18-3-1-14(10-19(18)25)9-17-21(29)16-11-15(2-4-20(16)28-23(17)31)22(30)27-12-13-5-7-26-8-6-13/h1-11H,12H2,(H,27,30)(H,28,31)/b17-9-. The first kappa shape index (κ1) is 20.1. The van der Waals surface area contributed by atoms with E-state index in [1.165, 1.54) is 30.3 Å². The van der Waals surface area contributed by atoms with Crippen LogP contribution in [0.5, 0.6) is 0 Å². The van der Waals surface area contributed by atoms with Crippen LogP contribution >= 0.6 is 0 Å². The van der Waals surface area contributed by atoms with E-state index in [1.54, 1.807) is 24.5 Å². The molecule has 0 spiro atoms. The number of hydrogen-bond acceptors (Lipinski definition) is 4. The first-order valence-electron chi connectivity index (χ1n) is 9.26. The minimum atomic E-state index is -1.09. The van der Waals surface area contributed by atoms with E-state index >= 15 is 0 Å². The lowest BCUT2D eigenvalue weighted by Crippen LogP contribution is -2.28. The molecular formula is C23H15F2N3O3. The molecule has 1 aromatic heterocycles. The molecule has 6 nitrogen and oxygen atoms in total. The Balaban J connectivity index is 1.59. The number of Topliss-reactive ketones (excluding diaryl/α,β-unsaturated/α-hetero) is 1. The number of benzene rings is 2. The second-order valence-electron chi connectivity index (χ2n) is 6.81. The highest BCUT2D eigenvalue weighted by atomic mass is 19.2. The molecule has 0 aliphatic carbocycles. The number of hydrogen-bond donors (Lipinski definition) is 2. The highest BCUT2D eigenvalue weighted by molar-refractivity contribution is 6.36. The number of aromatic nitrogens is 1. The molecule has 3 aromatic rings. The Bertz CT molecular complexity index is 1240. The van der Waals surface area contributed by atoms with Gasteiger partial charge in [0.05, 0.1) is 11.3 Å². The molecule has 0 saturated heterocycles. The van der Waals surface area contributed by atoms with Gasteiger partial charge in [0.25, 0.3) is 11.8 Å². The van der Waals surface area contributed by atoms with E-state index in [4.69, 9.17) is 0 Å². The number of nitrogens with one attached hydrogen (secondary N) is 2.